The number of imidazole rings is 2. The molecule has 3 saturated heterocycles. The van der Waals surface area contributed by atoms with Crippen LogP contribution in [0.25, 0.3) is 22.2 Å². The Labute approximate surface area is 259 Å². The van der Waals surface area contributed by atoms with Crippen LogP contribution in [0.5, 0.6) is 0 Å². The highest BCUT2D eigenvalue weighted by molar-refractivity contribution is 7.47. The van der Waals surface area contributed by atoms with Gasteiger partial charge in [-0.25, -0.2) is 28.5 Å². The van der Waals surface area contributed by atoms with E-state index in [0.717, 1.165) is 17.2 Å². The number of aromatic nitrogens is 6. The molecule has 0 spiro atoms. The molecule has 0 aliphatic carbocycles. The lowest BCUT2D eigenvalue weighted by Crippen LogP contribution is -2.35. The molecule has 23 heteroatoms. The molecule has 18 nitrogen and oxygen atoms in total. The molecule has 10 atom stereocenters. The lowest BCUT2D eigenvalue weighted by molar-refractivity contribution is -0.0669. The van der Waals surface area contributed by atoms with Gasteiger partial charge in [-0.15, -0.1) is 0 Å². The average molecular weight is 713 g/mol. The molecule has 45 heavy (non-hydrogen) atoms. The minimum absolute atomic E-state index is 0.0787. The lowest BCUT2D eigenvalue weighted by atomic mass is 10.1. The number of ether oxygens (including phenoxy) is 2. The van der Waals surface area contributed by atoms with Crippen molar-refractivity contribution >= 4 is 61.0 Å². The summed E-state index contributed by atoms with van der Waals surface area (Å²) in [5, 5.41) is 11.4. The number of benzene rings is 1. The Balaban J connectivity index is 1.20. The first-order valence-electron chi connectivity index (χ1n) is 13.0. The topological polar surface area (TPSA) is 232 Å². The first kappa shape index (κ1) is 31.3. The number of phosphoric acid groups is 2. The summed E-state index contributed by atoms with van der Waals surface area (Å²) >= 11 is 12.2. The third-order valence-corrected chi connectivity index (χ3v) is 10.1. The smallest absolute Gasteiger partial charge is 0.387 e. The summed E-state index contributed by atoms with van der Waals surface area (Å²) in [4.78, 5) is 47.7. The van der Waals surface area contributed by atoms with Crippen LogP contribution in [-0.2, 0) is 36.7 Å². The van der Waals surface area contributed by atoms with Crippen molar-refractivity contribution in [2.75, 3.05) is 13.2 Å². The van der Waals surface area contributed by atoms with Crippen molar-refractivity contribution in [2.45, 2.75) is 49.1 Å². The lowest BCUT2D eigenvalue weighted by Gasteiger charge is -2.25. The fourth-order valence-electron chi connectivity index (χ4n) is 5.35. The van der Waals surface area contributed by atoms with E-state index >= 15 is 4.39 Å². The molecule has 3 aliphatic rings. The molecule has 3 aliphatic heterocycles. The molecule has 6 heterocycles. The molecule has 0 saturated carbocycles. The van der Waals surface area contributed by atoms with Gasteiger partial charge in [-0.05, 0) is 12.1 Å². The van der Waals surface area contributed by atoms with E-state index in [1.54, 1.807) is 0 Å². The van der Waals surface area contributed by atoms with E-state index in [4.69, 9.17) is 50.8 Å². The zero-order valence-electron chi connectivity index (χ0n) is 22.2. The van der Waals surface area contributed by atoms with Gasteiger partial charge in [-0.2, -0.15) is 0 Å². The van der Waals surface area contributed by atoms with Crippen LogP contribution in [-0.4, -0.2) is 93.9 Å². The molecule has 7 rings (SSSR count). The van der Waals surface area contributed by atoms with Gasteiger partial charge in [0.1, 0.15) is 30.5 Å². The van der Waals surface area contributed by atoms with Crippen LogP contribution < -0.4 is 5.56 Å². The number of aliphatic hydroxyl groups excluding tert-OH is 1. The molecule has 2 bridgehead atoms. The van der Waals surface area contributed by atoms with Crippen LogP contribution in [0.1, 0.15) is 12.5 Å². The molecule has 10 unspecified atom stereocenters. The molecule has 0 radical (unpaired) electrons. The standard InChI is InChI=1S/C22H21Cl2FN6O12P2/c23-8-1-10-11(2-9(8)24)30(6-28-10)22-18-16(32)12(40-22)3-38-44(34,35)42-17-13(4-39-45(36,37)43-18)41-21(14(17)25)31-7-29-15-19(31)26-5-27-20(15)33/h1-2,5-7,12-14,16-18,21-22,32H,3-4H2,(H,34,35)(H,36,37)(H,26,27,33). The highest BCUT2D eigenvalue weighted by Crippen LogP contribution is 2.54. The van der Waals surface area contributed by atoms with E-state index in [2.05, 4.69) is 19.9 Å². The normalized spacial score (nSPS) is 37.7. The van der Waals surface area contributed by atoms with Crippen LogP contribution in [0.2, 0.25) is 10.0 Å². The van der Waals surface area contributed by atoms with Crippen LogP contribution in [0, 0.1) is 0 Å². The SMILES string of the molecule is O=c1[nH]cnc2c1ncn2C1OC2COP(=O)(O)OC3C(O)C(COP(=O)(O)OC2C1F)OC3n1cnc2cc(Cl)c(Cl)cc21. The van der Waals surface area contributed by atoms with Gasteiger partial charge in [0.05, 0.1) is 53.3 Å². The van der Waals surface area contributed by atoms with Gasteiger partial charge in [-0.1, -0.05) is 23.2 Å². The first-order valence-corrected chi connectivity index (χ1v) is 16.7. The Kier molecular flexibility index (Phi) is 7.93. The van der Waals surface area contributed by atoms with Gasteiger partial charge >= 0.3 is 15.6 Å². The minimum atomic E-state index is -5.13. The molecule has 0 amide bonds. The van der Waals surface area contributed by atoms with Crippen LogP contribution in [0.15, 0.2) is 35.9 Å². The predicted molar refractivity (Wildman–Crippen MR) is 148 cm³/mol. The van der Waals surface area contributed by atoms with Gasteiger partial charge < -0.3 is 33.9 Å². The van der Waals surface area contributed by atoms with Crippen molar-refractivity contribution in [3.8, 4) is 0 Å². The number of phosphoric ester groups is 2. The van der Waals surface area contributed by atoms with E-state index in [1.165, 1.54) is 23.0 Å². The van der Waals surface area contributed by atoms with Crippen LogP contribution in [0.3, 0.4) is 0 Å². The van der Waals surface area contributed by atoms with Crippen molar-refractivity contribution in [3.63, 3.8) is 0 Å². The van der Waals surface area contributed by atoms with Gasteiger partial charge in [0.15, 0.2) is 29.8 Å². The number of hydrogen-bond donors (Lipinski definition) is 4. The molecule has 4 N–H and O–H groups in total. The third kappa shape index (κ3) is 5.65. The molecule has 3 fully saturated rings. The summed E-state index contributed by atoms with van der Waals surface area (Å²) in [5.41, 5.74) is -0.138. The highest BCUT2D eigenvalue weighted by atomic mass is 35.5. The van der Waals surface area contributed by atoms with Crippen molar-refractivity contribution in [1.29, 1.82) is 0 Å². The summed E-state index contributed by atoms with van der Waals surface area (Å²) in [6.45, 7) is -1.71. The second-order valence-corrected chi connectivity index (χ2v) is 13.8. The maximum atomic E-state index is 15.9. The van der Waals surface area contributed by atoms with E-state index < -0.39 is 83.6 Å². The van der Waals surface area contributed by atoms with E-state index in [0.29, 0.717) is 11.0 Å². The van der Waals surface area contributed by atoms with E-state index in [1.807, 2.05) is 0 Å². The fourth-order valence-corrected chi connectivity index (χ4v) is 7.55. The first-order chi connectivity index (χ1) is 21.3. The number of rotatable bonds is 2. The molecule has 1 aromatic carbocycles. The van der Waals surface area contributed by atoms with E-state index in [-0.39, 0.29) is 21.2 Å². The van der Waals surface area contributed by atoms with Crippen LogP contribution >= 0.6 is 38.8 Å². The summed E-state index contributed by atoms with van der Waals surface area (Å²) in [5.74, 6) is 0. The summed E-state index contributed by atoms with van der Waals surface area (Å²) in [7, 11) is -10.2. The number of fused-ring (bicyclic) bond motifs is 5. The molecule has 242 valence electrons. The highest BCUT2D eigenvalue weighted by Gasteiger charge is 2.54. The summed E-state index contributed by atoms with van der Waals surface area (Å²) < 4.78 is 76.6. The number of alkyl halides is 1. The van der Waals surface area contributed by atoms with Crippen molar-refractivity contribution in [3.05, 3.63) is 51.5 Å². The average Bonchev–Trinajstić information content (AvgIpc) is 3.73. The van der Waals surface area contributed by atoms with Gasteiger partial charge in [-0.3, -0.25) is 27.5 Å². The Morgan fingerprint density at radius 2 is 1.56 bits per heavy atom. The summed E-state index contributed by atoms with van der Waals surface area (Å²) in [6, 6.07) is 2.91. The number of nitrogens with one attached hydrogen (secondary N) is 1. The Hall–Kier alpha value is -2.35. The van der Waals surface area contributed by atoms with Gasteiger partial charge in [0.2, 0.25) is 0 Å². The summed E-state index contributed by atoms with van der Waals surface area (Å²) in [6.07, 6.45) is -10.1. The number of H-pyrrole nitrogens is 1. The third-order valence-electron chi connectivity index (χ3n) is 7.42. The van der Waals surface area contributed by atoms with Crippen molar-refractivity contribution < 1.29 is 56.0 Å². The van der Waals surface area contributed by atoms with Crippen molar-refractivity contribution in [2.24, 2.45) is 0 Å². The Morgan fingerprint density at radius 1 is 0.911 bits per heavy atom. The quantitative estimate of drug-likeness (QED) is 0.218. The largest absolute Gasteiger partial charge is 0.472 e. The Bertz CT molecular complexity index is 1950. The monoisotopic (exact) mass is 712 g/mol. The molecule has 4 aromatic rings. The van der Waals surface area contributed by atoms with Gasteiger partial charge in [0.25, 0.3) is 5.56 Å². The second-order valence-electron chi connectivity index (χ2n) is 10.2. The second kappa shape index (κ2) is 11.4. The number of aromatic amines is 1. The molecular formula is C22H21Cl2FN6O12P2. The zero-order valence-corrected chi connectivity index (χ0v) is 25.5. The van der Waals surface area contributed by atoms with Gasteiger partial charge in [0, 0.05) is 0 Å². The van der Waals surface area contributed by atoms with Crippen molar-refractivity contribution in [1.82, 2.24) is 29.1 Å². The van der Waals surface area contributed by atoms with E-state index in [9.17, 15) is 28.8 Å². The predicted octanol–water partition coefficient (Wildman–Crippen LogP) is 1.99. The number of hydrogen-bond acceptors (Lipinski definition) is 13. The number of halogens is 3. The number of nitrogens with zero attached hydrogens (tertiary/aromatic N) is 5. The minimum Gasteiger partial charge on any atom is -0.387 e. The van der Waals surface area contributed by atoms with Crippen LogP contribution in [0.4, 0.5) is 4.39 Å². The Morgan fingerprint density at radius 3 is 2.31 bits per heavy atom. The fraction of sp³-hybridized carbons (Fsp3) is 0.455. The molecule has 3 aromatic heterocycles. The maximum absolute atomic E-state index is 15.9. The maximum Gasteiger partial charge on any atom is 0.472 e. The number of aliphatic hydroxyl groups is 1. The molecular weight excluding hydrogens is 692 g/mol. The zero-order chi connectivity index (χ0) is 31.8.